The first-order valence-corrected chi connectivity index (χ1v) is 26.6. The topological polar surface area (TPSA) is 149 Å². The van der Waals surface area contributed by atoms with E-state index in [-0.39, 0.29) is 19.4 Å². The molecule has 0 aromatic carbocycles. The molecule has 362 valence electrons. The van der Waals surface area contributed by atoms with Gasteiger partial charge in [-0.2, -0.15) is 0 Å². The lowest BCUT2D eigenvalue weighted by Gasteiger charge is -2.20. The lowest BCUT2D eigenvalue weighted by Crippen LogP contribution is -2.29. The molecular formula is C51H93O10P. The van der Waals surface area contributed by atoms with Gasteiger partial charge in [0.25, 0.3) is 0 Å². The van der Waals surface area contributed by atoms with Crippen molar-refractivity contribution in [2.75, 3.05) is 26.4 Å². The van der Waals surface area contributed by atoms with E-state index < -0.39 is 51.8 Å². The van der Waals surface area contributed by atoms with Crippen molar-refractivity contribution in [1.82, 2.24) is 0 Å². The molecule has 0 aromatic rings. The van der Waals surface area contributed by atoms with Crippen LogP contribution in [0.1, 0.15) is 226 Å². The van der Waals surface area contributed by atoms with Crippen LogP contribution in [0, 0.1) is 0 Å². The molecule has 11 heteroatoms. The second-order valence-corrected chi connectivity index (χ2v) is 18.3. The normalized spacial score (nSPS) is 14.1. The number of ether oxygens (including phenoxy) is 2. The van der Waals surface area contributed by atoms with E-state index in [1.807, 2.05) is 6.08 Å². The van der Waals surface area contributed by atoms with Gasteiger partial charge in [-0.25, -0.2) is 4.57 Å². The Bertz CT molecular complexity index is 1170. The van der Waals surface area contributed by atoms with Crippen LogP contribution < -0.4 is 0 Å². The van der Waals surface area contributed by atoms with E-state index in [1.165, 1.54) is 135 Å². The summed E-state index contributed by atoms with van der Waals surface area (Å²) < 4.78 is 32.8. The van der Waals surface area contributed by atoms with Gasteiger partial charge in [-0.3, -0.25) is 18.6 Å². The zero-order valence-electron chi connectivity index (χ0n) is 39.6. The predicted octanol–water partition coefficient (Wildman–Crippen LogP) is 14.1. The molecule has 0 saturated carbocycles. The predicted molar refractivity (Wildman–Crippen MR) is 256 cm³/mol. The summed E-state index contributed by atoms with van der Waals surface area (Å²) >= 11 is 0. The molecule has 0 radical (unpaired) electrons. The van der Waals surface area contributed by atoms with Crippen molar-refractivity contribution in [3.8, 4) is 0 Å². The van der Waals surface area contributed by atoms with Crippen LogP contribution in [0.4, 0.5) is 0 Å². The van der Waals surface area contributed by atoms with Gasteiger partial charge in [0.15, 0.2) is 6.10 Å². The van der Waals surface area contributed by atoms with Crippen LogP contribution >= 0.6 is 7.82 Å². The van der Waals surface area contributed by atoms with Crippen LogP contribution in [-0.2, 0) is 32.7 Å². The monoisotopic (exact) mass is 897 g/mol. The first-order chi connectivity index (χ1) is 30.2. The van der Waals surface area contributed by atoms with Crippen molar-refractivity contribution >= 4 is 19.8 Å². The fourth-order valence-corrected chi connectivity index (χ4v) is 7.66. The summed E-state index contributed by atoms with van der Waals surface area (Å²) in [5, 5.41) is 18.4. The number of phosphoric acid groups is 1. The molecule has 0 aromatic heterocycles. The van der Waals surface area contributed by atoms with Crippen LogP contribution in [0.2, 0.25) is 0 Å². The molecule has 62 heavy (non-hydrogen) atoms. The maximum Gasteiger partial charge on any atom is 0.472 e. The molecule has 0 rings (SSSR count). The lowest BCUT2D eigenvalue weighted by molar-refractivity contribution is -0.161. The van der Waals surface area contributed by atoms with Crippen molar-refractivity contribution in [2.24, 2.45) is 0 Å². The quantitative estimate of drug-likeness (QED) is 0.0233. The van der Waals surface area contributed by atoms with Crippen molar-refractivity contribution in [3.05, 3.63) is 48.6 Å². The van der Waals surface area contributed by atoms with E-state index in [0.717, 1.165) is 44.9 Å². The van der Waals surface area contributed by atoms with Crippen molar-refractivity contribution < 1.29 is 47.8 Å². The third kappa shape index (κ3) is 45.9. The molecule has 0 fully saturated rings. The van der Waals surface area contributed by atoms with Gasteiger partial charge in [-0.15, -0.1) is 0 Å². The average Bonchev–Trinajstić information content (AvgIpc) is 3.26. The van der Waals surface area contributed by atoms with E-state index in [2.05, 4.69) is 56.4 Å². The SMILES string of the molecule is CCCCC/C=C/C/C=C/C/C=C/C/C=C/CCCC(=O)O[C@H](COC(=O)CCCCCCCCCCCCCCCCCCCCCCCC)COP(=O)(O)OC[C@H](O)CO. The third-order valence-corrected chi connectivity index (χ3v) is 11.7. The number of unbranched alkanes of at least 4 members (excludes halogenated alkanes) is 25. The molecule has 1 unspecified atom stereocenters. The Kier molecular flexibility index (Phi) is 45.3. The van der Waals surface area contributed by atoms with E-state index in [1.54, 1.807) is 0 Å². The number of carbonyl (C=O) groups is 2. The summed E-state index contributed by atoms with van der Waals surface area (Å²) in [6.07, 6.45) is 52.3. The molecule has 0 bridgehead atoms. The number of hydrogen-bond acceptors (Lipinski definition) is 9. The highest BCUT2D eigenvalue weighted by Gasteiger charge is 2.27. The maximum atomic E-state index is 12.6. The van der Waals surface area contributed by atoms with Gasteiger partial charge in [-0.1, -0.05) is 210 Å². The van der Waals surface area contributed by atoms with Gasteiger partial charge in [0.05, 0.1) is 19.8 Å². The van der Waals surface area contributed by atoms with Gasteiger partial charge < -0.3 is 24.6 Å². The van der Waals surface area contributed by atoms with Crippen LogP contribution in [0.25, 0.3) is 0 Å². The molecule has 0 spiro atoms. The Morgan fingerprint density at radius 3 is 1.31 bits per heavy atom. The summed E-state index contributed by atoms with van der Waals surface area (Å²) in [6, 6.07) is 0. The smallest absolute Gasteiger partial charge is 0.462 e. The molecular weight excluding hydrogens is 804 g/mol. The number of aliphatic hydroxyl groups excluding tert-OH is 2. The summed E-state index contributed by atoms with van der Waals surface area (Å²) in [6.45, 7) is 2.32. The molecule has 3 atom stereocenters. The molecule has 0 aliphatic carbocycles. The van der Waals surface area contributed by atoms with Gasteiger partial charge in [0, 0.05) is 12.8 Å². The number of phosphoric ester groups is 1. The minimum absolute atomic E-state index is 0.109. The largest absolute Gasteiger partial charge is 0.472 e. The fraction of sp³-hybridized carbons (Fsp3) is 0.804. The standard InChI is InChI=1S/C51H93O10P/c1-3-5-7-9-11-13-15-17-19-21-22-23-24-25-27-28-30-32-34-36-38-40-42-50(54)58-46-49(47-60-62(56,57)59-45-48(53)44-52)61-51(55)43-41-39-37-35-33-31-29-26-20-18-16-14-12-10-8-6-4-2/h12,14,18,20,29,31,35,37,48-49,52-53H,3-11,13,15-17,19,21-28,30,32-34,36,38-47H2,1-2H3,(H,56,57)/b14-12+,20-18+,31-29+,37-35+/t48-,49-/m1/s1. The van der Waals surface area contributed by atoms with Crippen LogP contribution in [0.3, 0.4) is 0 Å². The molecule has 0 saturated heterocycles. The number of carbonyl (C=O) groups excluding carboxylic acids is 2. The Morgan fingerprint density at radius 1 is 0.484 bits per heavy atom. The molecule has 0 heterocycles. The van der Waals surface area contributed by atoms with Crippen LogP contribution in [0.15, 0.2) is 48.6 Å². The molecule has 3 N–H and O–H groups in total. The third-order valence-electron chi connectivity index (χ3n) is 10.7. The summed E-state index contributed by atoms with van der Waals surface area (Å²) in [5.74, 6) is -0.983. The Hall–Kier alpha value is -2.07. The van der Waals surface area contributed by atoms with Gasteiger partial charge in [0.2, 0.25) is 0 Å². The van der Waals surface area contributed by atoms with Crippen molar-refractivity contribution in [2.45, 2.75) is 238 Å². The summed E-state index contributed by atoms with van der Waals surface area (Å²) in [7, 11) is -4.64. The zero-order chi connectivity index (χ0) is 45.5. The van der Waals surface area contributed by atoms with E-state index >= 15 is 0 Å². The van der Waals surface area contributed by atoms with Crippen molar-refractivity contribution in [3.63, 3.8) is 0 Å². The van der Waals surface area contributed by atoms with Crippen molar-refractivity contribution in [1.29, 1.82) is 0 Å². The van der Waals surface area contributed by atoms with Gasteiger partial charge >= 0.3 is 19.8 Å². The van der Waals surface area contributed by atoms with E-state index in [9.17, 15) is 24.2 Å². The van der Waals surface area contributed by atoms with Crippen LogP contribution in [0.5, 0.6) is 0 Å². The highest BCUT2D eigenvalue weighted by atomic mass is 31.2. The van der Waals surface area contributed by atoms with Gasteiger partial charge in [0.1, 0.15) is 12.7 Å². The second kappa shape index (κ2) is 46.9. The van der Waals surface area contributed by atoms with Crippen LogP contribution in [-0.4, -0.2) is 65.7 Å². The molecule has 10 nitrogen and oxygen atoms in total. The zero-order valence-corrected chi connectivity index (χ0v) is 40.5. The lowest BCUT2D eigenvalue weighted by atomic mass is 10.0. The summed E-state index contributed by atoms with van der Waals surface area (Å²) in [5.41, 5.74) is 0. The average molecular weight is 897 g/mol. The highest BCUT2D eigenvalue weighted by Crippen LogP contribution is 2.43. The van der Waals surface area contributed by atoms with E-state index in [0.29, 0.717) is 19.3 Å². The second-order valence-electron chi connectivity index (χ2n) is 16.8. The first-order valence-electron chi connectivity index (χ1n) is 25.1. The number of aliphatic hydroxyl groups is 2. The van der Waals surface area contributed by atoms with Gasteiger partial charge in [-0.05, 0) is 51.4 Å². The summed E-state index contributed by atoms with van der Waals surface area (Å²) in [4.78, 5) is 35.1. The highest BCUT2D eigenvalue weighted by molar-refractivity contribution is 7.47. The minimum Gasteiger partial charge on any atom is -0.462 e. The molecule has 0 aliphatic heterocycles. The number of esters is 2. The minimum atomic E-state index is -4.64. The number of rotatable bonds is 47. The Balaban J connectivity index is 4.22. The Morgan fingerprint density at radius 2 is 0.855 bits per heavy atom. The Labute approximate surface area is 379 Å². The maximum absolute atomic E-state index is 12.6. The number of hydrogen-bond donors (Lipinski definition) is 3. The van der Waals surface area contributed by atoms with E-state index in [4.69, 9.17) is 23.6 Å². The first kappa shape index (κ1) is 59.9. The molecule has 0 aliphatic rings. The fourth-order valence-electron chi connectivity index (χ4n) is 6.87. The molecule has 0 amide bonds. The number of allylic oxidation sites excluding steroid dienone is 8.